The second kappa shape index (κ2) is 13.7. The second-order valence-corrected chi connectivity index (χ2v) is 17.0. The topological polar surface area (TPSA) is 0 Å². The van der Waals surface area contributed by atoms with Crippen LogP contribution in [0.15, 0.2) is 60.7 Å². The van der Waals surface area contributed by atoms with Gasteiger partial charge in [-0.15, -0.1) is 23.1 Å². The Kier molecular flexibility index (Phi) is 11.3. The molecule has 0 radical (unpaired) electrons. The zero-order valence-electron chi connectivity index (χ0n) is 28.6. The van der Waals surface area contributed by atoms with Crippen LogP contribution in [0.2, 0.25) is 5.02 Å². The molecule has 0 saturated carbocycles. The number of benzene rings is 3. The van der Waals surface area contributed by atoms with Crippen molar-refractivity contribution in [2.24, 2.45) is 0 Å². The Bertz CT molecular complexity index is 1420. The van der Waals surface area contributed by atoms with E-state index in [4.69, 9.17) is 11.6 Å². The average Bonchev–Trinajstić information content (AvgIpc) is 3.57. The van der Waals surface area contributed by atoms with Crippen LogP contribution < -0.4 is 0 Å². The van der Waals surface area contributed by atoms with E-state index >= 15 is 0 Å². The van der Waals surface area contributed by atoms with Gasteiger partial charge in [0.15, 0.2) is 0 Å². The van der Waals surface area contributed by atoms with Gasteiger partial charge < -0.3 is 0 Å². The Morgan fingerprint density at radius 3 is 1.72 bits per heavy atom. The van der Waals surface area contributed by atoms with Gasteiger partial charge in [0.25, 0.3) is 0 Å². The van der Waals surface area contributed by atoms with Crippen LogP contribution in [0.3, 0.4) is 0 Å². The number of allylic oxidation sites excluding steroid dienone is 4. The molecule has 3 aromatic carbocycles. The molecule has 2 aliphatic carbocycles. The van der Waals surface area contributed by atoms with E-state index in [0.717, 1.165) is 17.9 Å². The van der Waals surface area contributed by atoms with Gasteiger partial charge in [-0.3, -0.25) is 6.08 Å². The van der Waals surface area contributed by atoms with Gasteiger partial charge in [0.2, 0.25) is 0 Å². The van der Waals surface area contributed by atoms with E-state index in [0.29, 0.717) is 0 Å². The summed E-state index contributed by atoms with van der Waals surface area (Å²) in [6.45, 7) is 28.0. The molecule has 0 amide bonds. The average molecular weight is 671 g/mol. The number of hydrogen-bond acceptors (Lipinski definition) is 0. The van der Waals surface area contributed by atoms with Crippen molar-refractivity contribution in [2.45, 2.75) is 118 Å². The molecular formula is C41H51ClZr. The van der Waals surface area contributed by atoms with Gasteiger partial charge in [0.1, 0.15) is 0 Å². The van der Waals surface area contributed by atoms with E-state index in [1.54, 1.807) is 0 Å². The Morgan fingerprint density at radius 2 is 1.30 bits per heavy atom. The maximum atomic E-state index is 5.71. The molecule has 2 heteroatoms. The van der Waals surface area contributed by atoms with Crippen LogP contribution in [0, 0.1) is 12.1 Å². The Hall–Kier alpha value is -1.82. The quantitative estimate of drug-likeness (QED) is 0.177. The molecule has 0 aliphatic heterocycles. The van der Waals surface area contributed by atoms with Crippen molar-refractivity contribution in [3.8, 4) is 11.1 Å². The van der Waals surface area contributed by atoms with E-state index in [-0.39, 0.29) is 21.7 Å². The minimum absolute atomic E-state index is 0.0968. The van der Waals surface area contributed by atoms with Gasteiger partial charge in [0, 0.05) is 0 Å². The summed E-state index contributed by atoms with van der Waals surface area (Å²) in [6, 6.07) is 19.2. The number of fused-ring (bicyclic) bond motifs is 3. The molecule has 0 bridgehead atoms. The molecule has 0 heterocycles. The van der Waals surface area contributed by atoms with E-state index in [9.17, 15) is 0 Å². The van der Waals surface area contributed by atoms with Gasteiger partial charge in [-0.2, -0.15) is 23.8 Å². The smallest absolute Gasteiger partial charge is 0.109 e. The number of hydrogen-bond donors (Lipinski definition) is 0. The predicted molar refractivity (Wildman–Crippen MR) is 187 cm³/mol. The fraction of sp³-hybridized carbons (Fsp3) is 0.439. The van der Waals surface area contributed by atoms with E-state index in [1.807, 2.05) is 36.4 Å². The summed E-state index contributed by atoms with van der Waals surface area (Å²) < 4.78 is 2.11. The third kappa shape index (κ3) is 9.34. The van der Waals surface area contributed by atoms with Crippen molar-refractivity contribution >= 4 is 15.3 Å². The van der Waals surface area contributed by atoms with Crippen LogP contribution in [0.4, 0.5) is 0 Å². The Balaban J connectivity index is 0.000000294. The first kappa shape index (κ1) is 35.7. The third-order valence-electron chi connectivity index (χ3n) is 7.84. The summed E-state index contributed by atoms with van der Waals surface area (Å²) in [7, 11) is 0. The second-order valence-electron chi connectivity index (χ2n) is 15.9. The molecular weight excluding hydrogens is 619 g/mol. The zero-order chi connectivity index (χ0) is 32.4. The fourth-order valence-corrected chi connectivity index (χ4v) is 6.20. The predicted octanol–water partition coefficient (Wildman–Crippen LogP) is 11.6. The standard InChI is InChI=1S/C29H41.C7H5Cl.C5H5.Zr/c1-26(2,3)22-14-18-13-19-15-23(27(4,5)6)25(29(10,11)12)17-21(19)20(18)16-24(22)28(7,8)9;1-6-3-2-4-7(8)5-6;1-2-4-5-3-1;/h14,16-17H,13H2,1-12H3;1-5H;1-3H,4H2;/q-1;;-1;+2. The molecule has 0 nitrogen and oxygen atoms in total. The molecule has 0 spiro atoms. The van der Waals surface area contributed by atoms with Crippen molar-refractivity contribution in [1.29, 1.82) is 0 Å². The molecule has 0 N–H and O–H groups in total. The monoisotopic (exact) mass is 668 g/mol. The van der Waals surface area contributed by atoms with Crippen LogP contribution in [0.25, 0.3) is 11.1 Å². The normalized spacial score (nSPS) is 13.9. The molecule has 3 aromatic rings. The Morgan fingerprint density at radius 1 is 0.721 bits per heavy atom. The summed E-state index contributed by atoms with van der Waals surface area (Å²) in [5, 5.41) is 0.811. The minimum Gasteiger partial charge on any atom is -0.273 e. The summed E-state index contributed by atoms with van der Waals surface area (Å²) in [5.74, 6) is 0. The maximum Gasteiger partial charge on any atom is -0.109 e. The van der Waals surface area contributed by atoms with Gasteiger partial charge in [-0.25, -0.2) is 12.2 Å². The van der Waals surface area contributed by atoms with E-state index in [1.165, 1.54) is 74.3 Å². The number of halogens is 1. The molecule has 0 unspecified atom stereocenters. The van der Waals surface area contributed by atoms with Crippen LogP contribution in [0.1, 0.15) is 128 Å². The molecule has 0 atom stereocenters. The first-order chi connectivity index (χ1) is 19.7. The van der Waals surface area contributed by atoms with Crippen LogP contribution in [0.5, 0.6) is 0 Å². The molecule has 0 saturated heterocycles. The van der Waals surface area contributed by atoms with Gasteiger partial charge in [-0.1, -0.05) is 106 Å². The first-order valence-electron chi connectivity index (χ1n) is 15.5. The van der Waals surface area contributed by atoms with Crippen LogP contribution in [-0.4, -0.2) is 3.71 Å². The van der Waals surface area contributed by atoms with Crippen molar-refractivity contribution < 1.29 is 24.2 Å². The van der Waals surface area contributed by atoms with Crippen molar-refractivity contribution in [2.75, 3.05) is 0 Å². The van der Waals surface area contributed by atoms with E-state index in [2.05, 4.69) is 123 Å². The van der Waals surface area contributed by atoms with Gasteiger partial charge in [-0.05, 0) is 39.4 Å². The number of rotatable bonds is 1. The molecule has 43 heavy (non-hydrogen) atoms. The molecule has 226 valence electrons. The molecule has 5 rings (SSSR count). The van der Waals surface area contributed by atoms with Crippen molar-refractivity contribution in [3.63, 3.8) is 0 Å². The molecule has 2 aliphatic rings. The maximum absolute atomic E-state index is 5.71. The third-order valence-corrected chi connectivity index (χ3v) is 8.89. The summed E-state index contributed by atoms with van der Waals surface area (Å²) in [5.41, 5.74) is 13.2. The van der Waals surface area contributed by atoms with Crippen LogP contribution >= 0.6 is 11.6 Å². The summed E-state index contributed by atoms with van der Waals surface area (Å²) in [6.07, 6.45) is 11.0. The molecule has 0 aromatic heterocycles. The first-order valence-corrected chi connectivity index (χ1v) is 17.3. The largest absolute Gasteiger partial charge is 0.273 e. The van der Waals surface area contributed by atoms with Crippen molar-refractivity contribution in [1.82, 2.24) is 0 Å². The summed E-state index contributed by atoms with van der Waals surface area (Å²) >= 11 is 7.12. The minimum atomic E-state index is 0.0968. The van der Waals surface area contributed by atoms with Crippen molar-refractivity contribution in [3.05, 3.63) is 117 Å². The molecule has 0 fully saturated rings. The van der Waals surface area contributed by atoms with Gasteiger partial charge >= 0.3 is 74.4 Å². The zero-order valence-corrected chi connectivity index (χ0v) is 31.9. The SMILES string of the molecule is CC(C)(C)c1[c-]c2c(cc1C(C)(C)C)-c1cc(C(C)(C)C)c(C(C)(C)C)cc1C2.Clc1cccc([CH]=[Zr+2])c1.[C-]1=CC=CC1. The van der Waals surface area contributed by atoms with Gasteiger partial charge in [0.05, 0.1) is 0 Å². The van der Waals surface area contributed by atoms with E-state index < -0.39 is 0 Å². The Labute approximate surface area is 283 Å². The fourth-order valence-electron chi connectivity index (χ4n) is 5.56. The van der Waals surface area contributed by atoms with Crippen LogP contribution in [-0.2, 0) is 52.3 Å². The summed E-state index contributed by atoms with van der Waals surface area (Å²) in [4.78, 5) is 0.